The van der Waals surface area contributed by atoms with E-state index in [-0.39, 0.29) is 18.2 Å². The molecule has 2 rings (SSSR count). The van der Waals surface area contributed by atoms with Crippen LogP contribution in [0.2, 0.25) is 0 Å². The quantitative estimate of drug-likeness (QED) is 0.891. The third kappa shape index (κ3) is 4.85. The minimum Gasteiger partial charge on any atom is -0.495 e. The first-order valence-electron chi connectivity index (χ1n) is 7.29. The van der Waals surface area contributed by atoms with Gasteiger partial charge in [-0.05, 0) is 42.3 Å². The second kappa shape index (κ2) is 7.45. The Balaban J connectivity index is 2.02. The van der Waals surface area contributed by atoms with Crippen molar-refractivity contribution in [2.24, 2.45) is 0 Å². The number of carbonyl (C=O) groups excluding carboxylic acids is 2. The van der Waals surface area contributed by atoms with Crippen molar-refractivity contribution >= 4 is 23.2 Å². The molecular weight excluding hydrogens is 292 g/mol. The SMILES string of the molecule is COc1ccc(C)cc1NC(=O)Cc1ccc(NC(C)=O)cc1. The van der Waals surface area contributed by atoms with Gasteiger partial charge in [-0.1, -0.05) is 18.2 Å². The summed E-state index contributed by atoms with van der Waals surface area (Å²) in [5.74, 6) is 0.383. The lowest BCUT2D eigenvalue weighted by Crippen LogP contribution is -2.15. The van der Waals surface area contributed by atoms with Gasteiger partial charge < -0.3 is 15.4 Å². The number of anilines is 2. The van der Waals surface area contributed by atoms with Crippen LogP contribution in [-0.4, -0.2) is 18.9 Å². The number of nitrogens with one attached hydrogen (secondary N) is 2. The maximum atomic E-state index is 12.2. The highest BCUT2D eigenvalue weighted by molar-refractivity contribution is 5.94. The van der Waals surface area contributed by atoms with Crippen LogP contribution in [-0.2, 0) is 16.0 Å². The van der Waals surface area contributed by atoms with Crippen molar-refractivity contribution in [3.8, 4) is 5.75 Å². The van der Waals surface area contributed by atoms with E-state index in [1.807, 2.05) is 37.3 Å². The Morgan fingerprint density at radius 3 is 2.35 bits per heavy atom. The van der Waals surface area contributed by atoms with Crippen molar-refractivity contribution in [3.05, 3.63) is 53.6 Å². The molecule has 0 atom stereocenters. The third-order valence-corrected chi connectivity index (χ3v) is 3.27. The van der Waals surface area contributed by atoms with Crippen LogP contribution in [0, 0.1) is 6.92 Å². The lowest BCUT2D eigenvalue weighted by Gasteiger charge is -2.11. The number of methoxy groups -OCH3 is 1. The van der Waals surface area contributed by atoms with Gasteiger partial charge in [0.15, 0.2) is 0 Å². The summed E-state index contributed by atoms with van der Waals surface area (Å²) >= 11 is 0. The molecule has 0 spiro atoms. The molecule has 5 nitrogen and oxygen atoms in total. The first-order valence-corrected chi connectivity index (χ1v) is 7.29. The van der Waals surface area contributed by atoms with E-state index in [4.69, 9.17) is 4.74 Å². The number of hydrogen-bond acceptors (Lipinski definition) is 3. The molecule has 2 amide bonds. The van der Waals surface area contributed by atoms with Gasteiger partial charge in [0.2, 0.25) is 11.8 Å². The zero-order valence-electron chi connectivity index (χ0n) is 13.5. The number of rotatable bonds is 5. The molecule has 0 unspecified atom stereocenters. The molecule has 0 radical (unpaired) electrons. The molecule has 0 bridgehead atoms. The molecule has 0 saturated heterocycles. The number of hydrogen-bond donors (Lipinski definition) is 2. The topological polar surface area (TPSA) is 67.4 Å². The van der Waals surface area contributed by atoms with Crippen LogP contribution in [0.3, 0.4) is 0 Å². The average molecular weight is 312 g/mol. The molecule has 0 saturated carbocycles. The molecule has 5 heteroatoms. The van der Waals surface area contributed by atoms with Crippen molar-refractivity contribution in [3.63, 3.8) is 0 Å². The molecule has 0 heterocycles. The van der Waals surface area contributed by atoms with Gasteiger partial charge in [0.05, 0.1) is 19.2 Å². The summed E-state index contributed by atoms with van der Waals surface area (Å²) in [6, 6.07) is 12.8. The Morgan fingerprint density at radius 1 is 1.04 bits per heavy atom. The zero-order valence-corrected chi connectivity index (χ0v) is 13.5. The average Bonchev–Trinajstić information content (AvgIpc) is 2.49. The minimum absolute atomic E-state index is 0.123. The lowest BCUT2D eigenvalue weighted by atomic mass is 10.1. The maximum absolute atomic E-state index is 12.2. The van der Waals surface area contributed by atoms with Crippen molar-refractivity contribution in [1.82, 2.24) is 0 Å². The number of ether oxygens (including phenoxy) is 1. The Hall–Kier alpha value is -2.82. The van der Waals surface area contributed by atoms with Crippen LogP contribution < -0.4 is 15.4 Å². The van der Waals surface area contributed by atoms with Crippen molar-refractivity contribution in [2.75, 3.05) is 17.7 Å². The molecule has 120 valence electrons. The summed E-state index contributed by atoms with van der Waals surface area (Å²) in [5.41, 5.74) is 3.28. The van der Waals surface area contributed by atoms with E-state index in [1.54, 1.807) is 19.2 Å². The van der Waals surface area contributed by atoms with Crippen molar-refractivity contribution in [2.45, 2.75) is 20.3 Å². The normalized spacial score (nSPS) is 10.0. The van der Waals surface area contributed by atoms with Gasteiger partial charge in [-0.2, -0.15) is 0 Å². The van der Waals surface area contributed by atoms with Crippen molar-refractivity contribution in [1.29, 1.82) is 0 Å². The van der Waals surface area contributed by atoms with E-state index < -0.39 is 0 Å². The van der Waals surface area contributed by atoms with E-state index in [9.17, 15) is 9.59 Å². The molecule has 2 N–H and O–H groups in total. The summed E-state index contributed by atoms with van der Waals surface area (Å²) < 4.78 is 5.25. The summed E-state index contributed by atoms with van der Waals surface area (Å²) in [5, 5.41) is 5.55. The highest BCUT2D eigenvalue weighted by atomic mass is 16.5. The maximum Gasteiger partial charge on any atom is 0.228 e. The van der Waals surface area contributed by atoms with Gasteiger partial charge in [0.1, 0.15) is 5.75 Å². The molecule has 0 aromatic heterocycles. The summed E-state index contributed by atoms with van der Waals surface area (Å²) in [6.07, 6.45) is 0.247. The fraction of sp³-hybridized carbons (Fsp3) is 0.222. The molecule has 2 aromatic rings. The first-order chi connectivity index (χ1) is 11.0. The van der Waals surface area contributed by atoms with Gasteiger partial charge in [0.25, 0.3) is 0 Å². The van der Waals surface area contributed by atoms with E-state index >= 15 is 0 Å². The Bertz CT molecular complexity index is 709. The molecule has 0 aliphatic carbocycles. The van der Waals surface area contributed by atoms with E-state index in [0.29, 0.717) is 17.1 Å². The molecule has 23 heavy (non-hydrogen) atoms. The second-order valence-electron chi connectivity index (χ2n) is 5.31. The smallest absolute Gasteiger partial charge is 0.228 e. The number of aryl methyl sites for hydroxylation is 1. The highest BCUT2D eigenvalue weighted by Crippen LogP contribution is 2.25. The van der Waals surface area contributed by atoms with Gasteiger partial charge in [0, 0.05) is 12.6 Å². The predicted octanol–water partition coefficient (Wildman–Crippen LogP) is 3.14. The minimum atomic E-state index is -0.124. The molecule has 0 aliphatic heterocycles. The summed E-state index contributed by atoms with van der Waals surface area (Å²) in [6.45, 7) is 3.41. The third-order valence-electron chi connectivity index (χ3n) is 3.27. The van der Waals surface area contributed by atoms with Crippen LogP contribution in [0.5, 0.6) is 5.75 Å². The predicted molar refractivity (Wildman–Crippen MR) is 90.8 cm³/mol. The fourth-order valence-corrected chi connectivity index (χ4v) is 2.21. The van der Waals surface area contributed by atoms with E-state index in [1.165, 1.54) is 6.92 Å². The van der Waals surface area contributed by atoms with Crippen LogP contribution in [0.1, 0.15) is 18.1 Å². The first kappa shape index (κ1) is 16.5. The largest absolute Gasteiger partial charge is 0.495 e. The lowest BCUT2D eigenvalue weighted by molar-refractivity contribution is -0.116. The number of benzene rings is 2. The fourth-order valence-electron chi connectivity index (χ4n) is 2.21. The molecular formula is C18H20N2O3. The molecule has 0 aliphatic rings. The second-order valence-corrected chi connectivity index (χ2v) is 5.31. The van der Waals surface area contributed by atoms with E-state index in [2.05, 4.69) is 10.6 Å². The summed E-state index contributed by atoms with van der Waals surface area (Å²) in [4.78, 5) is 23.2. The van der Waals surface area contributed by atoms with Gasteiger partial charge in [-0.3, -0.25) is 9.59 Å². The molecule has 2 aromatic carbocycles. The number of amides is 2. The monoisotopic (exact) mass is 312 g/mol. The van der Waals surface area contributed by atoms with Crippen molar-refractivity contribution < 1.29 is 14.3 Å². The molecule has 0 fully saturated rings. The van der Waals surface area contributed by atoms with Crippen LogP contribution in [0.15, 0.2) is 42.5 Å². The standard InChI is InChI=1S/C18H20N2O3/c1-12-4-9-17(23-3)16(10-12)20-18(22)11-14-5-7-15(8-6-14)19-13(2)21/h4-10H,11H2,1-3H3,(H,19,21)(H,20,22). The Labute approximate surface area is 135 Å². The zero-order chi connectivity index (χ0) is 16.8. The van der Waals surface area contributed by atoms with Gasteiger partial charge in [-0.25, -0.2) is 0 Å². The Kier molecular flexibility index (Phi) is 5.36. The number of carbonyl (C=O) groups is 2. The Morgan fingerprint density at radius 2 is 1.74 bits per heavy atom. The van der Waals surface area contributed by atoms with Gasteiger partial charge >= 0.3 is 0 Å². The summed E-state index contributed by atoms with van der Waals surface area (Å²) in [7, 11) is 1.57. The van der Waals surface area contributed by atoms with Crippen LogP contribution in [0.25, 0.3) is 0 Å². The van der Waals surface area contributed by atoms with Crippen LogP contribution in [0.4, 0.5) is 11.4 Å². The van der Waals surface area contributed by atoms with Gasteiger partial charge in [-0.15, -0.1) is 0 Å². The van der Waals surface area contributed by atoms with Crippen LogP contribution >= 0.6 is 0 Å². The highest BCUT2D eigenvalue weighted by Gasteiger charge is 2.09. The van der Waals surface area contributed by atoms with E-state index in [0.717, 1.165) is 11.1 Å².